The van der Waals surface area contributed by atoms with Crippen LogP contribution in [0.15, 0.2) is 18.3 Å². The van der Waals surface area contributed by atoms with Crippen molar-refractivity contribution in [1.82, 2.24) is 14.5 Å². The largest absolute Gasteiger partial charge is 0.478 e. The number of piperidine rings is 1. The second-order valence-corrected chi connectivity index (χ2v) is 6.59. The van der Waals surface area contributed by atoms with E-state index in [-0.39, 0.29) is 11.5 Å². The number of pyridine rings is 1. The van der Waals surface area contributed by atoms with Crippen molar-refractivity contribution < 1.29 is 23.1 Å². The minimum absolute atomic E-state index is 0.211. The monoisotopic (exact) mass is 355 g/mol. The van der Waals surface area contributed by atoms with Crippen LogP contribution >= 0.6 is 0 Å². The second-order valence-electron chi connectivity index (χ2n) is 6.59. The number of fused-ring (bicyclic) bond motifs is 1. The van der Waals surface area contributed by atoms with Crippen molar-refractivity contribution >= 4 is 17.0 Å². The van der Waals surface area contributed by atoms with Gasteiger partial charge in [0.2, 0.25) is 0 Å². The average Bonchev–Trinajstić information content (AvgIpc) is 2.80. The first-order valence-electron chi connectivity index (χ1n) is 8.22. The molecular formula is C17H20F3N3O2. The molecule has 2 aromatic rings. The first-order chi connectivity index (χ1) is 11.8. The molecule has 25 heavy (non-hydrogen) atoms. The van der Waals surface area contributed by atoms with Gasteiger partial charge in [0, 0.05) is 23.8 Å². The quantitative estimate of drug-likeness (QED) is 0.914. The van der Waals surface area contributed by atoms with Gasteiger partial charge in [-0.25, -0.2) is 9.78 Å². The fourth-order valence-electron chi connectivity index (χ4n) is 3.63. The van der Waals surface area contributed by atoms with Crippen molar-refractivity contribution in [2.24, 2.45) is 5.92 Å². The van der Waals surface area contributed by atoms with Crippen LogP contribution in [-0.2, 0) is 6.54 Å². The minimum Gasteiger partial charge on any atom is -0.478 e. The molecule has 0 unspecified atom stereocenters. The molecule has 0 atom stereocenters. The molecule has 3 heterocycles. The Hall–Kier alpha value is -2.09. The van der Waals surface area contributed by atoms with Gasteiger partial charge < -0.3 is 9.67 Å². The Kier molecular flexibility index (Phi) is 4.73. The van der Waals surface area contributed by atoms with Crippen LogP contribution in [0.1, 0.15) is 28.9 Å². The summed E-state index contributed by atoms with van der Waals surface area (Å²) in [5.74, 6) is -0.781. The first kappa shape index (κ1) is 17.7. The van der Waals surface area contributed by atoms with E-state index in [1.807, 2.05) is 4.57 Å². The summed E-state index contributed by atoms with van der Waals surface area (Å²) >= 11 is 0. The van der Waals surface area contributed by atoms with Crippen molar-refractivity contribution in [1.29, 1.82) is 0 Å². The van der Waals surface area contributed by atoms with Gasteiger partial charge >= 0.3 is 12.1 Å². The lowest BCUT2D eigenvalue weighted by atomic mass is 9.96. The molecule has 3 rings (SSSR count). The first-order valence-corrected chi connectivity index (χ1v) is 8.22. The highest BCUT2D eigenvalue weighted by Gasteiger charge is 2.33. The number of hydrogen-bond donors (Lipinski definition) is 1. The number of nitrogens with zero attached hydrogens (tertiary/aromatic N) is 3. The molecule has 1 saturated heterocycles. The van der Waals surface area contributed by atoms with Gasteiger partial charge in [0.15, 0.2) is 0 Å². The summed E-state index contributed by atoms with van der Waals surface area (Å²) in [6.07, 6.45) is -1.23. The predicted molar refractivity (Wildman–Crippen MR) is 86.6 cm³/mol. The van der Waals surface area contributed by atoms with Crippen LogP contribution in [0.3, 0.4) is 0 Å². The number of alkyl halides is 3. The highest BCUT2D eigenvalue weighted by atomic mass is 19.4. The number of aromatic nitrogens is 2. The fraction of sp³-hybridized carbons (Fsp3) is 0.529. The van der Waals surface area contributed by atoms with E-state index in [9.17, 15) is 23.1 Å². The number of rotatable bonds is 4. The van der Waals surface area contributed by atoms with Gasteiger partial charge in [-0.1, -0.05) is 0 Å². The Morgan fingerprint density at radius 3 is 2.64 bits per heavy atom. The van der Waals surface area contributed by atoms with Gasteiger partial charge in [0.25, 0.3) is 0 Å². The van der Waals surface area contributed by atoms with Crippen LogP contribution in [-0.4, -0.2) is 51.3 Å². The lowest BCUT2D eigenvalue weighted by molar-refractivity contribution is -0.148. The fourth-order valence-corrected chi connectivity index (χ4v) is 3.63. The molecule has 1 aliphatic heterocycles. The van der Waals surface area contributed by atoms with Crippen molar-refractivity contribution in [3.63, 3.8) is 0 Å². The van der Waals surface area contributed by atoms with E-state index in [0.717, 1.165) is 0 Å². The van der Waals surface area contributed by atoms with E-state index in [4.69, 9.17) is 0 Å². The number of carboxylic acids is 1. The van der Waals surface area contributed by atoms with Gasteiger partial charge in [-0.05, 0) is 50.9 Å². The summed E-state index contributed by atoms with van der Waals surface area (Å²) < 4.78 is 39.3. The highest BCUT2D eigenvalue weighted by molar-refractivity contribution is 6.03. The Labute approximate surface area is 143 Å². The number of halogens is 3. The zero-order valence-electron chi connectivity index (χ0n) is 13.9. The van der Waals surface area contributed by atoms with Crippen molar-refractivity contribution in [3.05, 3.63) is 29.6 Å². The van der Waals surface area contributed by atoms with Gasteiger partial charge in [-0.15, -0.1) is 0 Å². The SMILES string of the molecule is Cc1c(C(=O)O)c2cccnc2n1CC1CCN(CC(F)(F)F)CC1. The van der Waals surface area contributed by atoms with Gasteiger partial charge in [-0.3, -0.25) is 4.90 Å². The summed E-state index contributed by atoms with van der Waals surface area (Å²) in [6.45, 7) is 2.27. The van der Waals surface area contributed by atoms with Crippen molar-refractivity contribution in [2.45, 2.75) is 32.5 Å². The molecule has 2 aromatic heterocycles. The van der Waals surface area contributed by atoms with Crippen LogP contribution in [0.4, 0.5) is 13.2 Å². The third-order valence-corrected chi connectivity index (χ3v) is 4.84. The van der Waals surface area contributed by atoms with E-state index in [0.29, 0.717) is 49.2 Å². The second kappa shape index (κ2) is 6.67. The molecular weight excluding hydrogens is 335 g/mol. The zero-order valence-corrected chi connectivity index (χ0v) is 13.9. The zero-order chi connectivity index (χ0) is 18.2. The number of hydrogen-bond acceptors (Lipinski definition) is 3. The Morgan fingerprint density at radius 1 is 1.36 bits per heavy atom. The molecule has 0 aliphatic carbocycles. The molecule has 0 bridgehead atoms. The van der Waals surface area contributed by atoms with Crippen LogP contribution in [0, 0.1) is 12.8 Å². The summed E-state index contributed by atoms with van der Waals surface area (Å²) in [7, 11) is 0. The molecule has 136 valence electrons. The maximum Gasteiger partial charge on any atom is 0.401 e. The summed E-state index contributed by atoms with van der Waals surface area (Å²) in [4.78, 5) is 17.3. The van der Waals surface area contributed by atoms with Crippen molar-refractivity contribution in [3.8, 4) is 0 Å². The van der Waals surface area contributed by atoms with Gasteiger partial charge in [0.1, 0.15) is 5.65 Å². The standard InChI is InChI=1S/C17H20F3N3O2/c1-11-14(16(24)25)13-3-2-6-21-15(13)23(11)9-12-4-7-22(8-5-12)10-17(18,19)20/h2-3,6,12H,4-5,7-10H2,1H3,(H,24,25). The third kappa shape index (κ3) is 3.78. The molecule has 1 fully saturated rings. The number of carbonyl (C=O) groups is 1. The van der Waals surface area contributed by atoms with Gasteiger partial charge in [0.05, 0.1) is 12.1 Å². The highest BCUT2D eigenvalue weighted by Crippen LogP contribution is 2.28. The lowest BCUT2D eigenvalue weighted by Crippen LogP contribution is -2.40. The molecule has 0 amide bonds. The molecule has 0 radical (unpaired) electrons. The maximum absolute atomic E-state index is 12.5. The molecule has 8 heteroatoms. The summed E-state index contributed by atoms with van der Waals surface area (Å²) in [5, 5.41) is 10.1. The predicted octanol–water partition coefficient (Wildman–Crippen LogP) is 3.32. The van der Waals surface area contributed by atoms with E-state index in [1.54, 1.807) is 25.3 Å². The molecule has 0 spiro atoms. The van der Waals surface area contributed by atoms with Crippen LogP contribution in [0.25, 0.3) is 11.0 Å². The Balaban J connectivity index is 1.76. The summed E-state index contributed by atoms with van der Waals surface area (Å²) in [5.41, 5.74) is 1.51. The van der Waals surface area contributed by atoms with Crippen molar-refractivity contribution in [2.75, 3.05) is 19.6 Å². The van der Waals surface area contributed by atoms with E-state index in [1.165, 1.54) is 4.90 Å². The van der Waals surface area contributed by atoms with Crippen LogP contribution in [0.2, 0.25) is 0 Å². The number of carboxylic acid groups (broad SMARTS) is 1. The smallest absolute Gasteiger partial charge is 0.401 e. The van der Waals surface area contributed by atoms with Crippen LogP contribution in [0.5, 0.6) is 0 Å². The third-order valence-electron chi connectivity index (χ3n) is 4.84. The van der Waals surface area contributed by atoms with E-state index >= 15 is 0 Å². The summed E-state index contributed by atoms with van der Waals surface area (Å²) in [6, 6.07) is 3.44. The number of likely N-dealkylation sites (tertiary alicyclic amines) is 1. The van der Waals surface area contributed by atoms with Gasteiger partial charge in [-0.2, -0.15) is 13.2 Å². The molecule has 0 saturated carbocycles. The molecule has 1 N–H and O–H groups in total. The van der Waals surface area contributed by atoms with E-state index < -0.39 is 18.7 Å². The van der Waals surface area contributed by atoms with E-state index in [2.05, 4.69) is 4.98 Å². The topological polar surface area (TPSA) is 58.4 Å². The molecule has 1 aliphatic rings. The average molecular weight is 355 g/mol. The Bertz CT molecular complexity index is 777. The maximum atomic E-state index is 12.5. The minimum atomic E-state index is -4.17. The number of aromatic carboxylic acids is 1. The molecule has 0 aromatic carbocycles. The lowest BCUT2D eigenvalue weighted by Gasteiger charge is -2.32. The van der Waals surface area contributed by atoms with Crippen LogP contribution < -0.4 is 0 Å². The Morgan fingerprint density at radius 2 is 2.04 bits per heavy atom. The molecule has 5 nitrogen and oxygen atoms in total. The normalized spacial score (nSPS) is 17.3.